The minimum Gasteiger partial charge on any atom is -0.486 e. The van der Waals surface area contributed by atoms with Crippen molar-refractivity contribution < 1.29 is 9.13 Å². The Balaban J connectivity index is 2.05. The number of hydrogen-bond acceptors (Lipinski definition) is 2. The molecule has 0 bridgehead atoms. The third-order valence-electron chi connectivity index (χ3n) is 3.12. The number of ether oxygens (including phenoxy) is 1. The van der Waals surface area contributed by atoms with Gasteiger partial charge in [-0.2, -0.15) is 0 Å². The smallest absolute Gasteiger partial charge is 0.165 e. The van der Waals surface area contributed by atoms with E-state index in [0.29, 0.717) is 5.75 Å². The van der Waals surface area contributed by atoms with Crippen molar-refractivity contribution in [1.29, 1.82) is 0 Å². The standard InChI is InChI=1S/C13H18FNO/c14-10-6-4-5-8-12(10)16-13-9-3-1-2-7-11(13)15/h4-6,8,11,13H,1-3,7,9,15H2. The van der Waals surface area contributed by atoms with Crippen LogP contribution in [0.2, 0.25) is 0 Å². The second-order valence-corrected chi connectivity index (χ2v) is 4.39. The molecule has 0 aromatic heterocycles. The summed E-state index contributed by atoms with van der Waals surface area (Å²) < 4.78 is 19.1. The Hall–Kier alpha value is -1.09. The van der Waals surface area contributed by atoms with Gasteiger partial charge in [-0.15, -0.1) is 0 Å². The normalized spacial score (nSPS) is 26.1. The van der Waals surface area contributed by atoms with Crippen LogP contribution in [0, 0.1) is 5.82 Å². The Labute approximate surface area is 95.6 Å². The van der Waals surface area contributed by atoms with Gasteiger partial charge in [-0.3, -0.25) is 0 Å². The van der Waals surface area contributed by atoms with Crippen LogP contribution in [-0.4, -0.2) is 12.1 Å². The molecule has 2 unspecified atom stereocenters. The second-order valence-electron chi connectivity index (χ2n) is 4.39. The molecule has 1 aromatic rings. The van der Waals surface area contributed by atoms with E-state index in [1.54, 1.807) is 18.2 Å². The van der Waals surface area contributed by atoms with Crippen LogP contribution in [0.4, 0.5) is 4.39 Å². The fourth-order valence-corrected chi connectivity index (χ4v) is 2.15. The largest absolute Gasteiger partial charge is 0.486 e. The number of halogens is 1. The molecule has 2 N–H and O–H groups in total. The molecule has 1 aromatic carbocycles. The van der Waals surface area contributed by atoms with Gasteiger partial charge in [-0.05, 0) is 31.4 Å². The molecule has 16 heavy (non-hydrogen) atoms. The Morgan fingerprint density at radius 3 is 2.69 bits per heavy atom. The summed E-state index contributed by atoms with van der Waals surface area (Å²) in [5.41, 5.74) is 6.03. The molecule has 88 valence electrons. The van der Waals surface area contributed by atoms with Gasteiger partial charge in [0.05, 0.1) is 0 Å². The van der Waals surface area contributed by atoms with E-state index in [4.69, 9.17) is 10.5 Å². The molecule has 0 radical (unpaired) electrons. The van der Waals surface area contributed by atoms with E-state index in [1.165, 1.54) is 12.5 Å². The van der Waals surface area contributed by atoms with E-state index in [-0.39, 0.29) is 18.0 Å². The van der Waals surface area contributed by atoms with Gasteiger partial charge in [-0.25, -0.2) is 4.39 Å². The van der Waals surface area contributed by atoms with E-state index in [2.05, 4.69) is 0 Å². The van der Waals surface area contributed by atoms with Crippen molar-refractivity contribution in [3.05, 3.63) is 30.1 Å². The van der Waals surface area contributed by atoms with Crippen LogP contribution in [-0.2, 0) is 0 Å². The van der Waals surface area contributed by atoms with Crippen LogP contribution < -0.4 is 10.5 Å². The lowest BCUT2D eigenvalue weighted by Gasteiger charge is -2.23. The molecule has 3 heteroatoms. The zero-order valence-electron chi connectivity index (χ0n) is 9.36. The molecule has 0 spiro atoms. The fraction of sp³-hybridized carbons (Fsp3) is 0.538. The monoisotopic (exact) mass is 223 g/mol. The van der Waals surface area contributed by atoms with Gasteiger partial charge in [0.2, 0.25) is 0 Å². The fourth-order valence-electron chi connectivity index (χ4n) is 2.15. The maximum atomic E-state index is 13.4. The van der Waals surface area contributed by atoms with Crippen LogP contribution in [0.25, 0.3) is 0 Å². The van der Waals surface area contributed by atoms with Gasteiger partial charge < -0.3 is 10.5 Å². The van der Waals surface area contributed by atoms with Crippen molar-refractivity contribution in [2.45, 2.75) is 44.2 Å². The molecular weight excluding hydrogens is 205 g/mol. The topological polar surface area (TPSA) is 35.2 Å². The highest BCUT2D eigenvalue weighted by Gasteiger charge is 2.22. The highest BCUT2D eigenvalue weighted by Crippen LogP contribution is 2.24. The van der Waals surface area contributed by atoms with Gasteiger partial charge in [0.15, 0.2) is 11.6 Å². The number of benzene rings is 1. The van der Waals surface area contributed by atoms with Crippen LogP contribution in [0.5, 0.6) is 5.75 Å². The quantitative estimate of drug-likeness (QED) is 0.782. The molecule has 1 fully saturated rings. The molecule has 0 saturated heterocycles. The highest BCUT2D eigenvalue weighted by molar-refractivity contribution is 5.24. The Bertz CT molecular complexity index is 342. The maximum Gasteiger partial charge on any atom is 0.165 e. The molecule has 1 saturated carbocycles. The van der Waals surface area contributed by atoms with Gasteiger partial charge in [0, 0.05) is 6.04 Å². The zero-order valence-corrected chi connectivity index (χ0v) is 9.36. The first-order chi connectivity index (χ1) is 7.77. The number of rotatable bonds is 2. The summed E-state index contributed by atoms with van der Waals surface area (Å²) in [4.78, 5) is 0. The average Bonchev–Trinajstić information content (AvgIpc) is 2.48. The predicted octanol–water partition coefficient (Wildman–Crippen LogP) is 2.86. The summed E-state index contributed by atoms with van der Waals surface area (Å²) >= 11 is 0. The minimum absolute atomic E-state index is 0.0297. The summed E-state index contributed by atoms with van der Waals surface area (Å²) in [6.07, 6.45) is 5.32. The van der Waals surface area contributed by atoms with Crippen molar-refractivity contribution in [2.24, 2.45) is 5.73 Å². The Morgan fingerprint density at radius 1 is 1.12 bits per heavy atom. The zero-order chi connectivity index (χ0) is 11.4. The van der Waals surface area contributed by atoms with Gasteiger partial charge in [0.25, 0.3) is 0 Å². The number of hydrogen-bond donors (Lipinski definition) is 1. The minimum atomic E-state index is -0.307. The highest BCUT2D eigenvalue weighted by atomic mass is 19.1. The van der Waals surface area contributed by atoms with Crippen LogP contribution in [0.1, 0.15) is 32.1 Å². The Morgan fingerprint density at radius 2 is 1.88 bits per heavy atom. The lowest BCUT2D eigenvalue weighted by Crippen LogP contribution is -2.38. The first kappa shape index (κ1) is 11.4. The predicted molar refractivity (Wildman–Crippen MR) is 61.9 cm³/mol. The van der Waals surface area contributed by atoms with E-state index >= 15 is 0 Å². The van der Waals surface area contributed by atoms with Crippen LogP contribution in [0.3, 0.4) is 0 Å². The molecule has 0 heterocycles. The summed E-state index contributed by atoms with van der Waals surface area (Å²) in [6, 6.07) is 6.54. The average molecular weight is 223 g/mol. The van der Waals surface area contributed by atoms with Crippen molar-refractivity contribution in [2.75, 3.05) is 0 Å². The Kier molecular flexibility index (Phi) is 3.78. The van der Waals surface area contributed by atoms with Crippen molar-refractivity contribution >= 4 is 0 Å². The van der Waals surface area contributed by atoms with E-state index in [9.17, 15) is 4.39 Å². The van der Waals surface area contributed by atoms with E-state index < -0.39 is 0 Å². The molecule has 2 nitrogen and oxygen atoms in total. The summed E-state index contributed by atoms with van der Waals surface area (Å²) in [7, 11) is 0. The SMILES string of the molecule is NC1CCCCCC1Oc1ccccc1F. The molecule has 2 atom stereocenters. The van der Waals surface area contributed by atoms with E-state index in [1.807, 2.05) is 0 Å². The van der Waals surface area contributed by atoms with Crippen molar-refractivity contribution in [3.8, 4) is 5.75 Å². The van der Waals surface area contributed by atoms with Crippen LogP contribution in [0.15, 0.2) is 24.3 Å². The molecule has 0 aliphatic heterocycles. The van der Waals surface area contributed by atoms with Crippen molar-refractivity contribution in [3.63, 3.8) is 0 Å². The van der Waals surface area contributed by atoms with Crippen LogP contribution >= 0.6 is 0 Å². The molecule has 1 aliphatic carbocycles. The number of para-hydroxylation sites is 1. The van der Waals surface area contributed by atoms with Crippen molar-refractivity contribution in [1.82, 2.24) is 0 Å². The first-order valence-corrected chi connectivity index (χ1v) is 5.94. The van der Waals surface area contributed by atoms with E-state index in [0.717, 1.165) is 25.7 Å². The maximum absolute atomic E-state index is 13.4. The lowest BCUT2D eigenvalue weighted by atomic mass is 10.1. The number of nitrogens with two attached hydrogens (primary N) is 1. The molecular formula is C13H18FNO. The third kappa shape index (κ3) is 2.73. The summed E-state index contributed by atoms with van der Waals surface area (Å²) in [5.74, 6) is 0.0174. The summed E-state index contributed by atoms with van der Waals surface area (Å²) in [6.45, 7) is 0. The second kappa shape index (κ2) is 5.30. The molecule has 0 amide bonds. The molecule has 2 rings (SSSR count). The van der Waals surface area contributed by atoms with Gasteiger partial charge in [-0.1, -0.05) is 25.0 Å². The van der Waals surface area contributed by atoms with Gasteiger partial charge in [0.1, 0.15) is 6.10 Å². The van der Waals surface area contributed by atoms with Gasteiger partial charge >= 0.3 is 0 Å². The first-order valence-electron chi connectivity index (χ1n) is 5.94. The lowest BCUT2D eigenvalue weighted by molar-refractivity contribution is 0.156. The third-order valence-corrected chi connectivity index (χ3v) is 3.12. The summed E-state index contributed by atoms with van der Waals surface area (Å²) in [5, 5.41) is 0. The molecule has 1 aliphatic rings.